The van der Waals surface area contributed by atoms with Crippen molar-refractivity contribution in [2.75, 3.05) is 50.6 Å². The second-order valence-electron chi connectivity index (χ2n) is 8.62. The van der Waals surface area contributed by atoms with Gasteiger partial charge in [0.25, 0.3) is 5.91 Å². The molecule has 182 valence electrons. The second kappa shape index (κ2) is 9.95. The number of carbonyl (C=O) groups is 2. The number of nitrogens with zero attached hydrogens (tertiary/aromatic N) is 3. The maximum Gasteiger partial charge on any atom is 0.257 e. The Hall–Kier alpha value is -3.59. The van der Waals surface area contributed by atoms with Crippen molar-refractivity contribution in [2.45, 2.75) is 18.8 Å². The smallest absolute Gasteiger partial charge is 0.257 e. The Morgan fingerprint density at radius 2 is 1.69 bits per heavy atom. The average Bonchev–Trinajstić information content (AvgIpc) is 3.48. The van der Waals surface area contributed by atoms with Crippen molar-refractivity contribution in [1.29, 1.82) is 0 Å². The molecule has 2 aliphatic rings. The quantitative estimate of drug-likeness (QED) is 0.564. The third-order valence-corrected chi connectivity index (χ3v) is 7.61. The molecule has 2 amide bonds. The molecule has 1 saturated heterocycles. The summed E-state index contributed by atoms with van der Waals surface area (Å²) >= 11 is 1.45. The number of aryl methyl sites for hydroxylation is 1. The van der Waals surface area contributed by atoms with E-state index in [1.54, 1.807) is 32.4 Å². The van der Waals surface area contributed by atoms with E-state index in [-0.39, 0.29) is 17.7 Å². The first-order chi connectivity index (χ1) is 17.1. The van der Waals surface area contributed by atoms with E-state index in [0.29, 0.717) is 35.3 Å². The molecule has 8 nitrogen and oxygen atoms in total. The molecule has 1 aromatic heterocycles. The number of rotatable bonds is 6. The number of amides is 2. The van der Waals surface area contributed by atoms with Crippen LogP contribution in [0.25, 0.3) is 0 Å². The zero-order valence-corrected chi connectivity index (χ0v) is 20.6. The monoisotopic (exact) mass is 492 g/mol. The van der Waals surface area contributed by atoms with Crippen LogP contribution in [-0.4, -0.2) is 62.1 Å². The molecule has 35 heavy (non-hydrogen) atoms. The molecule has 3 aromatic rings. The molecule has 9 heteroatoms. The standard InChI is InChI=1S/C26H28N4O4S/c1-33-19-14-17(15-20(16-19)34-2)24(31)28-26-27-23-21(8-9-22(23)35-26)25(32)30-12-10-29(11-13-30)18-6-4-3-5-7-18/h3-7,14-16,21H,8-13H2,1-2H3,(H,27,28,31). The molecule has 1 fully saturated rings. The van der Waals surface area contributed by atoms with E-state index in [2.05, 4.69) is 27.3 Å². The lowest BCUT2D eigenvalue weighted by Crippen LogP contribution is -2.50. The lowest BCUT2D eigenvalue weighted by Gasteiger charge is -2.37. The van der Waals surface area contributed by atoms with Gasteiger partial charge in [0.05, 0.1) is 25.8 Å². The topological polar surface area (TPSA) is 84.0 Å². The van der Waals surface area contributed by atoms with Crippen LogP contribution in [0.1, 0.15) is 33.3 Å². The highest BCUT2D eigenvalue weighted by molar-refractivity contribution is 7.16. The van der Waals surface area contributed by atoms with Crippen molar-refractivity contribution in [3.8, 4) is 11.5 Å². The molecular weight excluding hydrogens is 464 g/mol. The molecular formula is C26H28N4O4S. The van der Waals surface area contributed by atoms with Gasteiger partial charge in [-0.15, -0.1) is 11.3 Å². The van der Waals surface area contributed by atoms with Gasteiger partial charge >= 0.3 is 0 Å². The highest BCUT2D eigenvalue weighted by Gasteiger charge is 2.36. The van der Waals surface area contributed by atoms with Crippen molar-refractivity contribution < 1.29 is 19.1 Å². The van der Waals surface area contributed by atoms with Gasteiger partial charge in [0.15, 0.2) is 5.13 Å². The molecule has 1 unspecified atom stereocenters. The third-order valence-electron chi connectivity index (χ3n) is 6.56. The van der Waals surface area contributed by atoms with Crippen LogP contribution in [0.5, 0.6) is 11.5 Å². The summed E-state index contributed by atoms with van der Waals surface area (Å²) < 4.78 is 10.5. The minimum Gasteiger partial charge on any atom is -0.497 e. The van der Waals surface area contributed by atoms with Crippen LogP contribution in [0.3, 0.4) is 0 Å². The summed E-state index contributed by atoms with van der Waals surface area (Å²) in [4.78, 5) is 36.2. The summed E-state index contributed by atoms with van der Waals surface area (Å²) in [7, 11) is 3.08. The van der Waals surface area contributed by atoms with E-state index in [9.17, 15) is 9.59 Å². The number of nitrogens with one attached hydrogen (secondary N) is 1. The van der Waals surface area contributed by atoms with Gasteiger partial charge in [0.2, 0.25) is 5.91 Å². The van der Waals surface area contributed by atoms with Crippen LogP contribution < -0.4 is 19.7 Å². The van der Waals surface area contributed by atoms with Crippen LogP contribution >= 0.6 is 11.3 Å². The number of aromatic nitrogens is 1. The molecule has 0 radical (unpaired) electrons. The third kappa shape index (κ3) is 4.81. The van der Waals surface area contributed by atoms with Crippen molar-refractivity contribution in [3.63, 3.8) is 0 Å². The number of carbonyl (C=O) groups excluding carboxylic acids is 2. The molecule has 2 heterocycles. The average molecular weight is 493 g/mol. The Balaban J connectivity index is 1.24. The van der Waals surface area contributed by atoms with E-state index >= 15 is 0 Å². The van der Waals surface area contributed by atoms with Crippen LogP contribution in [0.4, 0.5) is 10.8 Å². The van der Waals surface area contributed by atoms with Crippen molar-refractivity contribution in [1.82, 2.24) is 9.88 Å². The fraction of sp³-hybridized carbons (Fsp3) is 0.346. The number of para-hydroxylation sites is 1. The summed E-state index contributed by atoms with van der Waals surface area (Å²) in [5, 5.41) is 3.39. The van der Waals surface area contributed by atoms with Gasteiger partial charge in [-0.3, -0.25) is 14.9 Å². The van der Waals surface area contributed by atoms with Gasteiger partial charge in [0.1, 0.15) is 11.5 Å². The predicted molar refractivity (Wildman–Crippen MR) is 136 cm³/mol. The SMILES string of the molecule is COc1cc(OC)cc(C(=O)Nc2nc3c(s2)CCC3C(=O)N2CCN(c3ccccc3)CC2)c1. The lowest BCUT2D eigenvalue weighted by molar-refractivity contribution is -0.133. The summed E-state index contributed by atoms with van der Waals surface area (Å²) in [5.74, 6) is 0.669. The molecule has 1 atom stereocenters. The first-order valence-corrected chi connectivity index (χ1v) is 12.5. The first kappa shape index (κ1) is 23.2. The number of thiazole rings is 1. The molecule has 0 spiro atoms. The van der Waals surface area contributed by atoms with E-state index in [1.165, 1.54) is 17.0 Å². The Bertz CT molecular complexity index is 1200. The number of benzene rings is 2. The fourth-order valence-corrected chi connectivity index (χ4v) is 5.71. The molecule has 5 rings (SSSR count). The summed E-state index contributed by atoms with van der Waals surface area (Å²) in [6.07, 6.45) is 1.57. The van der Waals surface area contributed by atoms with Crippen molar-refractivity contribution in [2.24, 2.45) is 0 Å². The van der Waals surface area contributed by atoms with Crippen molar-refractivity contribution in [3.05, 3.63) is 64.7 Å². The molecule has 1 aliphatic carbocycles. The van der Waals surface area contributed by atoms with Gasteiger partial charge in [-0.1, -0.05) is 18.2 Å². The first-order valence-electron chi connectivity index (χ1n) is 11.7. The number of methoxy groups -OCH3 is 2. The van der Waals surface area contributed by atoms with Crippen LogP contribution in [-0.2, 0) is 11.2 Å². The minimum absolute atomic E-state index is 0.136. The van der Waals surface area contributed by atoms with Crippen LogP contribution in [0, 0.1) is 0 Å². The number of hydrogen-bond donors (Lipinski definition) is 1. The van der Waals surface area contributed by atoms with Gasteiger partial charge in [-0.25, -0.2) is 4.98 Å². The highest BCUT2D eigenvalue weighted by Crippen LogP contribution is 2.39. The Morgan fingerprint density at radius 1 is 1.00 bits per heavy atom. The molecule has 1 N–H and O–H groups in total. The fourth-order valence-electron chi connectivity index (χ4n) is 4.67. The normalized spacial score (nSPS) is 17.1. The van der Waals surface area contributed by atoms with Crippen LogP contribution in [0.15, 0.2) is 48.5 Å². The van der Waals surface area contributed by atoms with E-state index in [0.717, 1.165) is 36.5 Å². The van der Waals surface area contributed by atoms with Gasteiger partial charge in [-0.05, 0) is 37.1 Å². The Labute approximate surface area is 208 Å². The zero-order valence-electron chi connectivity index (χ0n) is 19.8. The lowest BCUT2D eigenvalue weighted by atomic mass is 10.1. The summed E-state index contributed by atoms with van der Waals surface area (Å²) in [5.41, 5.74) is 2.42. The minimum atomic E-state index is -0.297. The van der Waals surface area contributed by atoms with Gasteiger partial charge in [0, 0.05) is 48.4 Å². The number of hydrogen-bond acceptors (Lipinski definition) is 7. The summed E-state index contributed by atoms with van der Waals surface area (Å²) in [6.45, 7) is 3.03. The number of fused-ring (bicyclic) bond motifs is 1. The molecule has 2 aromatic carbocycles. The number of ether oxygens (including phenoxy) is 2. The van der Waals surface area contributed by atoms with Gasteiger partial charge < -0.3 is 19.3 Å². The van der Waals surface area contributed by atoms with Crippen LogP contribution in [0.2, 0.25) is 0 Å². The summed E-state index contributed by atoms with van der Waals surface area (Å²) in [6, 6.07) is 15.3. The second-order valence-corrected chi connectivity index (χ2v) is 9.71. The van der Waals surface area contributed by atoms with Crippen molar-refractivity contribution >= 4 is 34.0 Å². The molecule has 1 aliphatic heterocycles. The van der Waals surface area contributed by atoms with E-state index in [4.69, 9.17) is 9.47 Å². The maximum atomic E-state index is 13.4. The predicted octanol–water partition coefficient (Wildman–Crippen LogP) is 3.79. The molecule has 0 saturated carbocycles. The van der Waals surface area contributed by atoms with Gasteiger partial charge in [-0.2, -0.15) is 0 Å². The maximum absolute atomic E-state index is 13.4. The Morgan fingerprint density at radius 3 is 2.34 bits per heavy atom. The van der Waals surface area contributed by atoms with E-state index in [1.807, 2.05) is 23.1 Å². The number of anilines is 2. The highest BCUT2D eigenvalue weighted by atomic mass is 32.1. The zero-order chi connectivity index (χ0) is 24.4. The van der Waals surface area contributed by atoms with E-state index < -0.39 is 0 Å². The molecule has 0 bridgehead atoms. The number of piperazine rings is 1. The Kier molecular flexibility index (Phi) is 6.59. The largest absolute Gasteiger partial charge is 0.497 e.